The lowest BCUT2D eigenvalue weighted by molar-refractivity contribution is 0.102. The molecule has 0 spiro atoms. The number of ether oxygens (including phenoxy) is 1. The number of rotatable bonds is 3. The van der Waals surface area contributed by atoms with E-state index in [2.05, 4.69) is 10.3 Å². The molecule has 0 saturated carbocycles. The van der Waals surface area contributed by atoms with Crippen LogP contribution in [-0.2, 0) is 0 Å². The highest BCUT2D eigenvalue weighted by atomic mass is 16.5. The molecule has 3 rings (SSSR count). The SMILES string of the molecule is COc1cccn2c(C(=O)Nc3cccc(C)c3C)c(C)nc12. The fourth-order valence-electron chi connectivity index (χ4n) is 2.66. The molecule has 0 saturated heterocycles. The summed E-state index contributed by atoms with van der Waals surface area (Å²) in [7, 11) is 1.59. The molecule has 3 aromatic rings. The van der Waals surface area contributed by atoms with Gasteiger partial charge in [0.1, 0.15) is 5.69 Å². The molecule has 0 aliphatic heterocycles. The molecule has 1 aromatic carbocycles. The molecule has 1 amide bonds. The minimum Gasteiger partial charge on any atom is -0.493 e. The first kappa shape index (κ1) is 15.1. The molecule has 2 aromatic heterocycles. The molecule has 1 N–H and O–H groups in total. The quantitative estimate of drug-likeness (QED) is 0.805. The van der Waals surface area contributed by atoms with Crippen LogP contribution in [0.4, 0.5) is 5.69 Å². The van der Waals surface area contributed by atoms with Crippen molar-refractivity contribution in [3.8, 4) is 5.75 Å². The van der Waals surface area contributed by atoms with Crippen LogP contribution in [0.3, 0.4) is 0 Å². The average Bonchev–Trinajstić information content (AvgIpc) is 2.87. The third kappa shape index (κ3) is 2.54. The maximum Gasteiger partial charge on any atom is 0.274 e. The molecule has 118 valence electrons. The summed E-state index contributed by atoms with van der Waals surface area (Å²) in [4.78, 5) is 17.2. The van der Waals surface area contributed by atoms with E-state index < -0.39 is 0 Å². The monoisotopic (exact) mass is 309 g/mol. The third-order valence-electron chi connectivity index (χ3n) is 4.08. The lowest BCUT2D eigenvalue weighted by Crippen LogP contribution is -2.16. The van der Waals surface area contributed by atoms with Crippen LogP contribution in [0.2, 0.25) is 0 Å². The van der Waals surface area contributed by atoms with Gasteiger partial charge in [0.05, 0.1) is 12.8 Å². The van der Waals surface area contributed by atoms with Crippen LogP contribution in [0.15, 0.2) is 36.5 Å². The fraction of sp³-hybridized carbons (Fsp3) is 0.222. The van der Waals surface area contributed by atoms with Crippen LogP contribution < -0.4 is 10.1 Å². The lowest BCUT2D eigenvalue weighted by Gasteiger charge is -2.11. The van der Waals surface area contributed by atoms with Crippen molar-refractivity contribution in [1.82, 2.24) is 9.38 Å². The van der Waals surface area contributed by atoms with Crippen LogP contribution in [0.25, 0.3) is 5.65 Å². The van der Waals surface area contributed by atoms with E-state index in [4.69, 9.17) is 4.74 Å². The Morgan fingerprint density at radius 1 is 1.17 bits per heavy atom. The number of methoxy groups -OCH3 is 1. The van der Waals surface area contributed by atoms with Gasteiger partial charge < -0.3 is 10.1 Å². The summed E-state index contributed by atoms with van der Waals surface area (Å²) < 4.78 is 7.07. The minimum absolute atomic E-state index is 0.183. The zero-order valence-corrected chi connectivity index (χ0v) is 13.7. The Labute approximate surface area is 134 Å². The Kier molecular flexibility index (Phi) is 3.78. The normalized spacial score (nSPS) is 10.8. The van der Waals surface area contributed by atoms with Crippen molar-refractivity contribution in [2.45, 2.75) is 20.8 Å². The number of amides is 1. The first-order chi connectivity index (χ1) is 11.0. The number of nitrogens with one attached hydrogen (secondary N) is 1. The highest BCUT2D eigenvalue weighted by molar-refractivity contribution is 6.05. The van der Waals surface area contributed by atoms with E-state index in [1.54, 1.807) is 11.5 Å². The number of carbonyl (C=O) groups is 1. The number of hydrogen-bond donors (Lipinski definition) is 1. The van der Waals surface area contributed by atoms with Gasteiger partial charge in [-0.15, -0.1) is 0 Å². The van der Waals surface area contributed by atoms with E-state index in [0.717, 1.165) is 16.8 Å². The summed E-state index contributed by atoms with van der Waals surface area (Å²) in [6.45, 7) is 5.84. The largest absolute Gasteiger partial charge is 0.493 e. The second-order valence-electron chi connectivity index (χ2n) is 5.52. The molecule has 0 aliphatic carbocycles. The van der Waals surface area contributed by atoms with E-state index in [1.807, 2.05) is 57.3 Å². The fourth-order valence-corrected chi connectivity index (χ4v) is 2.66. The van der Waals surface area contributed by atoms with Gasteiger partial charge in [0.15, 0.2) is 11.4 Å². The van der Waals surface area contributed by atoms with Gasteiger partial charge in [-0.05, 0) is 50.1 Å². The van der Waals surface area contributed by atoms with Crippen molar-refractivity contribution >= 4 is 17.2 Å². The second kappa shape index (κ2) is 5.76. The number of imidazole rings is 1. The van der Waals surface area contributed by atoms with E-state index in [9.17, 15) is 4.79 Å². The number of aryl methyl sites for hydroxylation is 2. The average molecular weight is 309 g/mol. The van der Waals surface area contributed by atoms with Gasteiger partial charge in [0, 0.05) is 11.9 Å². The van der Waals surface area contributed by atoms with E-state index in [0.29, 0.717) is 22.8 Å². The molecule has 0 aliphatic rings. The molecule has 0 radical (unpaired) electrons. The van der Waals surface area contributed by atoms with Gasteiger partial charge in [-0.25, -0.2) is 4.98 Å². The van der Waals surface area contributed by atoms with Gasteiger partial charge in [0.25, 0.3) is 5.91 Å². The topological polar surface area (TPSA) is 55.6 Å². The summed E-state index contributed by atoms with van der Waals surface area (Å²) in [5.74, 6) is 0.457. The van der Waals surface area contributed by atoms with Crippen molar-refractivity contribution < 1.29 is 9.53 Å². The molecule has 0 atom stereocenters. The number of pyridine rings is 1. The first-order valence-corrected chi connectivity index (χ1v) is 7.42. The number of hydrogen-bond acceptors (Lipinski definition) is 3. The van der Waals surface area contributed by atoms with Crippen molar-refractivity contribution in [1.29, 1.82) is 0 Å². The summed E-state index contributed by atoms with van der Waals surface area (Å²) in [6, 6.07) is 9.52. The molecule has 0 fully saturated rings. The number of aromatic nitrogens is 2. The predicted octanol–water partition coefficient (Wildman–Crippen LogP) is 3.52. The van der Waals surface area contributed by atoms with Gasteiger partial charge in [-0.3, -0.25) is 9.20 Å². The van der Waals surface area contributed by atoms with Gasteiger partial charge in [-0.1, -0.05) is 12.1 Å². The van der Waals surface area contributed by atoms with Crippen LogP contribution in [0.1, 0.15) is 27.3 Å². The molecule has 5 nitrogen and oxygen atoms in total. The smallest absolute Gasteiger partial charge is 0.274 e. The lowest BCUT2D eigenvalue weighted by atomic mass is 10.1. The van der Waals surface area contributed by atoms with Crippen molar-refractivity contribution in [3.63, 3.8) is 0 Å². The van der Waals surface area contributed by atoms with Crippen LogP contribution in [0, 0.1) is 20.8 Å². The Hall–Kier alpha value is -2.82. The molecule has 0 bridgehead atoms. The molecule has 2 heterocycles. The molecule has 0 unspecified atom stereocenters. The zero-order chi connectivity index (χ0) is 16.6. The second-order valence-corrected chi connectivity index (χ2v) is 5.52. The standard InChI is InChI=1S/C18H19N3O2/c1-11-7-5-8-14(12(11)2)20-18(22)16-13(3)19-17-15(23-4)9-6-10-21(16)17/h5-10H,1-4H3,(H,20,22). The summed E-state index contributed by atoms with van der Waals surface area (Å²) in [5.41, 5.74) is 4.83. The van der Waals surface area contributed by atoms with E-state index in [-0.39, 0.29) is 5.91 Å². The van der Waals surface area contributed by atoms with Gasteiger partial charge in [0.2, 0.25) is 0 Å². The predicted molar refractivity (Wildman–Crippen MR) is 90.4 cm³/mol. The zero-order valence-electron chi connectivity index (χ0n) is 13.7. The maximum absolute atomic E-state index is 12.8. The summed E-state index contributed by atoms with van der Waals surface area (Å²) in [6.07, 6.45) is 1.82. The van der Waals surface area contributed by atoms with Gasteiger partial charge >= 0.3 is 0 Å². The van der Waals surface area contributed by atoms with Crippen molar-refractivity contribution in [2.75, 3.05) is 12.4 Å². The van der Waals surface area contributed by atoms with Crippen LogP contribution >= 0.6 is 0 Å². The number of fused-ring (bicyclic) bond motifs is 1. The third-order valence-corrected chi connectivity index (χ3v) is 4.08. The first-order valence-electron chi connectivity index (χ1n) is 7.42. The highest BCUT2D eigenvalue weighted by Crippen LogP contribution is 2.23. The number of carbonyl (C=O) groups excluding carboxylic acids is 1. The highest BCUT2D eigenvalue weighted by Gasteiger charge is 2.19. The van der Waals surface area contributed by atoms with Crippen LogP contribution in [0.5, 0.6) is 5.75 Å². The number of nitrogens with zero attached hydrogens (tertiary/aromatic N) is 2. The van der Waals surface area contributed by atoms with Crippen molar-refractivity contribution in [2.24, 2.45) is 0 Å². The molecule has 23 heavy (non-hydrogen) atoms. The Balaban J connectivity index is 2.05. The summed E-state index contributed by atoms with van der Waals surface area (Å²) in [5, 5.41) is 2.98. The van der Waals surface area contributed by atoms with E-state index >= 15 is 0 Å². The number of benzene rings is 1. The van der Waals surface area contributed by atoms with Crippen LogP contribution in [-0.4, -0.2) is 22.4 Å². The molecular weight excluding hydrogens is 290 g/mol. The Morgan fingerprint density at radius 3 is 2.70 bits per heavy atom. The maximum atomic E-state index is 12.8. The number of anilines is 1. The Bertz CT molecular complexity index is 897. The summed E-state index contributed by atoms with van der Waals surface area (Å²) >= 11 is 0. The van der Waals surface area contributed by atoms with Crippen molar-refractivity contribution in [3.05, 3.63) is 59.0 Å². The Morgan fingerprint density at radius 2 is 1.96 bits per heavy atom. The minimum atomic E-state index is -0.183. The molecular formula is C18H19N3O2. The van der Waals surface area contributed by atoms with Gasteiger partial charge in [-0.2, -0.15) is 0 Å². The molecule has 5 heteroatoms. The van der Waals surface area contributed by atoms with E-state index in [1.165, 1.54) is 0 Å².